The number of carboxylic acids is 2. The van der Waals surface area contributed by atoms with Crippen molar-refractivity contribution in [2.75, 3.05) is 6.61 Å². The van der Waals surface area contributed by atoms with E-state index in [2.05, 4.69) is 0 Å². The van der Waals surface area contributed by atoms with Crippen LogP contribution < -0.4 is 0 Å². The highest BCUT2D eigenvalue weighted by molar-refractivity contribution is 5.85. The fraction of sp³-hybridized carbons (Fsp3) is 0.400. The minimum absolute atomic E-state index is 0.0120. The van der Waals surface area contributed by atoms with Crippen molar-refractivity contribution in [2.24, 2.45) is 0 Å². The van der Waals surface area contributed by atoms with Crippen LogP contribution in [0, 0.1) is 0 Å². The van der Waals surface area contributed by atoms with Crippen molar-refractivity contribution in [1.82, 2.24) is 4.90 Å². The van der Waals surface area contributed by atoms with E-state index < -0.39 is 42.6 Å². The molecule has 174 valence electrons. The van der Waals surface area contributed by atoms with Crippen LogP contribution in [0.4, 0.5) is 4.79 Å². The predicted octanol–water partition coefficient (Wildman–Crippen LogP) is 3.47. The van der Waals surface area contributed by atoms with Gasteiger partial charge in [0, 0.05) is 12.0 Å². The standard InChI is InChI=1S/C25H27NO7/c27-16-11-9-15(10-12-16)26(22(24(30)31)13-23(28)29)25(32)33-14-21-19-7-3-1-5-17(19)18-6-2-4-8-20(18)21/h1-8,15-16,21-22,27H,9-14H2,(H,28,29)(H,30,31)/t15?,16?,22-/m0/s1. The molecule has 1 saturated carbocycles. The van der Waals surface area contributed by atoms with Crippen LogP contribution in [-0.4, -0.2) is 63.0 Å². The molecule has 0 bridgehead atoms. The summed E-state index contributed by atoms with van der Waals surface area (Å²) in [6.45, 7) is 0.0120. The second-order valence-electron chi connectivity index (χ2n) is 8.63. The maximum atomic E-state index is 13.2. The SMILES string of the molecule is O=C(O)C[C@@H](C(=O)O)N(C(=O)OCC1c2ccccc2-c2ccccc21)C1CCC(O)CC1. The average Bonchev–Trinajstić information content (AvgIpc) is 3.12. The van der Waals surface area contributed by atoms with Gasteiger partial charge in [-0.2, -0.15) is 0 Å². The van der Waals surface area contributed by atoms with Crippen molar-refractivity contribution >= 4 is 18.0 Å². The van der Waals surface area contributed by atoms with E-state index in [9.17, 15) is 29.7 Å². The molecule has 2 aliphatic rings. The van der Waals surface area contributed by atoms with Crippen LogP contribution in [0.1, 0.15) is 49.1 Å². The zero-order valence-electron chi connectivity index (χ0n) is 18.1. The zero-order valence-corrected chi connectivity index (χ0v) is 18.1. The van der Waals surface area contributed by atoms with Gasteiger partial charge in [0.05, 0.1) is 12.5 Å². The molecule has 0 unspecified atom stereocenters. The topological polar surface area (TPSA) is 124 Å². The molecule has 4 rings (SSSR count). The van der Waals surface area contributed by atoms with Gasteiger partial charge in [-0.15, -0.1) is 0 Å². The number of aliphatic hydroxyl groups excluding tert-OH is 1. The van der Waals surface area contributed by atoms with E-state index in [0.29, 0.717) is 25.7 Å². The van der Waals surface area contributed by atoms with Gasteiger partial charge in [-0.1, -0.05) is 48.5 Å². The van der Waals surface area contributed by atoms with E-state index >= 15 is 0 Å². The molecule has 0 radical (unpaired) electrons. The Hall–Kier alpha value is -3.39. The molecule has 0 aliphatic heterocycles. The molecule has 33 heavy (non-hydrogen) atoms. The van der Waals surface area contributed by atoms with Crippen LogP contribution in [0.15, 0.2) is 48.5 Å². The van der Waals surface area contributed by atoms with E-state index in [4.69, 9.17) is 4.74 Å². The Morgan fingerprint density at radius 3 is 1.97 bits per heavy atom. The smallest absolute Gasteiger partial charge is 0.410 e. The van der Waals surface area contributed by atoms with Gasteiger partial charge in [0.1, 0.15) is 12.6 Å². The lowest BCUT2D eigenvalue weighted by molar-refractivity contribution is -0.150. The van der Waals surface area contributed by atoms with Gasteiger partial charge in [0.15, 0.2) is 0 Å². The van der Waals surface area contributed by atoms with Gasteiger partial charge in [-0.05, 0) is 47.9 Å². The molecule has 1 atom stereocenters. The molecule has 1 amide bonds. The monoisotopic (exact) mass is 453 g/mol. The number of fused-ring (bicyclic) bond motifs is 3. The Morgan fingerprint density at radius 1 is 0.909 bits per heavy atom. The number of hydrogen-bond acceptors (Lipinski definition) is 5. The zero-order chi connectivity index (χ0) is 23.5. The first-order valence-electron chi connectivity index (χ1n) is 11.1. The number of carbonyl (C=O) groups is 3. The second-order valence-corrected chi connectivity index (χ2v) is 8.63. The van der Waals surface area contributed by atoms with E-state index in [1.165, 1.54) is 0 Å². The number of rotatable bonds is 7. The number of ether oxygens (including phenoxy) is 1. The fourth-order valence-corrected chi connectivity index (χ4v) is 5.01. The lowest BCUT2D eigenvalue weighted by atomic mass is 9.91. The maximum absolute atomic E-state index is 13.2. The van der Waals surface area contributed by atoms with E-state index in [1.54, 1.807) is 0 Å². The Kier molecular flexibility index (Phi) is 6.65. The molecule has 8 heteroatoms. The Balaban J connectivity index is 1.57. The van der Waals surface area contributed by atoms with Gasteiger partial charge >= 0.3 is 18.0 Å². The van der Waals surface area contributed by atoms with Crippen molar-refractivity contribution in [3.05, 3.63) is 59.7 Å². The first-order chi connectivity index (χ1) is 15.9. The third-order valence-electron chi connectivity index (χ3n) is 6.60. The van der Waals surface area contributed by atoms with Gasteiger partial charge < -0.3 is 20.1 Å². The van der Waals surface area contributed by atoms with Crippen molar-refractivity contribution in [3.63, 3.8) is 0 Å². The summed E-state index contributed by atoms with van der Waals surface area (Å²) >= 11 is 0. The van der Waals surface area contributed by atoms with Crippen molar-refractivity contribution in [2.45, 2.75) is 56.2 Å². The summed E-state index contributed by atoms with van der Waals surface area (Å²) in [5.41, 5.74) is 4.20. The minimum Gasteiger partial charge on any atom is -0.481 e. The molecule has 2 aromatic rings. The summed E-state index contributed by atoms with van der Waals surface area (Å²) in [4.78, 5) is 37.5. The van der Waals surface area contributed by atoms with E-state index in [1.807, 2.05) is 48.5 Å². The molecule has 0 heterocycles. The highest BCUT2D eigenvalue weighted by Crippen LogP contribution is 2.44. The average molecular weight is 453 g/mol. The number of amides is 1. The number of aliphatic hydroxyl groups is 1. The van der Waals surface area contributed by atoms with Crippen LogP contribution in [0.25, 0.3) is 11.1 Å². The number of carbonyl (C=O) groups excluding carboxylic acids is 1. The van der Waals surface area contributed by atoms with Crippen molar-refractivity contribution in [3.8, 4) is 11.1 Å². The van der Waals surface area contributed by atoms with Crippen molar-refractivity contribution in [1.29, 1.82) is 0 Å². The number of benzene rings is 2. The van der Waals surface area contributed by atoms with Gasteiger partial charge in [-0.25, -0.2) is 9.59 Å². The lowest BCUT2D eigenvalue weighted by Crippen LogP contribution is -2.53. The number of carboxylic acid groups (broad SMARTS) is 2. The lowest BCUT2D eigenvalue weighted by Gasteiger charge is -2.38. The third kappa shape index (κ3) is 4.71. The van der Waals surface area contributed by atoms with Gasteiger partial charge in [0.25, 0.3) is 0 Å². The maximum Gasteiger partial charge on any atom is 0.410 e. The molecule has 8 nitrogen and oxygen atoms in total. The summed E-state index contributed by atoms with van der Waals surface area (Å²) in [5, 5.41) is 28.8. The molecule has 2 aliphatic carbocycles. The van der Waals surface area contributed by atoms with Crippen LogP contribution in [0.3, 0.4) is 0 Å². The molecule has 0 spiro atoms. The molecule has 0 aromatic heterocycles. The molecule has 0 saturated heterocycles. The molecule has 2 aromatic carbocycles. The minimum atomic E-state index is -1.54. The number of aliphatic carboxylic acids is 2. The van der Waals surface area contributed by atoms with Crippen LogP contribution in [-0.2, 0) is 14.3 Å². The highest BCUT2D eigenvalue weighted by Gasteiger charge is 2.40. The Bertz CT molecular complexity index is 999. The van der Waals surface area contributed by atoms with Crippen LogP contribution >= 0.6 is 0 Å². The first-order valence-corrected chi connectivity index (χ1v) is 11.1. The summed E-state index contributed by atoms with van der Waals surface area (Å²) in [6.07, 6.45) is -0.475. The summed E-state index contributed by atoms with van der Waals surface area (Å²) in [7, 11) is 0. The number of hydrogen-bond donors (Lipinski definition) is 3. The van der Waals surface area contributed by atoms with Crippen LogP contribution in [0.5, 0.6) is 0 Å². The van der Waals surface area contributed by atoms with Crippen molar-refractivity contribution < 1.29 is 34.4 Å². The Labute approximate surface area is 191 Å². The summed E-state index contributed by atoms with van der Waals surface area (Å²) in [6, 6.07) is 13.7. The molecule has 3 N–H and O–H groups in total. The van der Waals surface area contributed by atoms with Gasteiger partial charge in [-0.3, -0.25) is 9.69 Å². The van der Waals surface area contributed by atoms with Crippen LogP contribution in [0.2, 0.25) is 0 Å². The summed E-state index contributed by atoms with van der Waals surface area (Å²) in [5.74, 6) is -2.90. The van der Waals surface area contributed by atoms with E-state index in [-0.39, 0.29) is 12.5 Å². The molecular weight excluding hydrogens is 426 g/mol. The largest absolute Gasteiger partial charge is 0.481 e. The summed E-state index contributed by atoms with van der Waals surface area (Å²) < 4.78 is 5.66. The normalized spacial score (nSPS) is 20.4. The van der Waals surface area contributed by atoms with Gasteiger partial charge in [0.2, 0.25) is 0 Å². The first kappa shape index (κ1) is 22.8. The Morgan fingerprint density at radius 2 is 1.45 bits per heavy atom. The molecular formula is C25H27NO7. The predicted molar refractivity (Wildman–Crippen MR) is 119 cm³/mol. The quantitative estimate of drug-likeness (QED) is 0.586. The fourth-order valence-electron chi connectivity index (χ4n) is 5.01. The highest BCUT2D eigenvalue weighted by atomic mass is 16.6. The van der Waals surface area contributed by atoms with E-state index in [0.717, 1.165) is 27.2 Å². The molecule has 1 fully saturated rings. The number of nitrogens with zero attached hydrogens (tertiary/aromatic N) is 1. The second kappa shape index (κ2) is 9.62. The third-order valence-corrected chi connectivity index (χ3v) is 6.60.